The van der Waals surface area contributed by atoms with E-state index in [0.29, 0.717) is 6.61 Å². The highest BCUT2D eigenvalue weighted by Crippen LogP contribution is 2.21. The molecule has 1 saturated heterocycles. The number of likely N-dealkylation sites (N-methyl/N-ethyl adjacent to an activating group) is 1. The molecule has 0 bridgehead atoms. The molecular weight excluding hydrogens is 294 g/mol. The Labute approximate surface area is 117 Å². The Hall–Kier alpha value is -0.420. The third-order valence-electron chi connectivity index (χ3n) is 3.14. The van der Waals surface area contributed by atoms with Gasteiger partial charge < -0.3 is 14.8 Å². The van der Waals surface area contributed by atoms with Crippen LogP contribution in [0.5, 0.6) is 0 Å². The second-order valence-corrected chi connectivity index (χ2v) is 5.48. The standard InChI is InChI=1S/C14H20BrNO2/c1-16-9-14(11-4-6-12(15)7-5-11)18-10-13-3-2-8-17-13/h4-7,13-14,16H,2-3,8-10H2,1H3. The highest BCUT2D eigenvalue weighted by molar-refractivity contribution is 9.10. The van der Waals surface area contributed by atoms with Gasteiger partial charge in [-0.25, -0.2) is 0 Å². The molecule has 2 unspecified atom stereocenters. The Morgan fingerprint density at radius 3 is 2.83 bits per heavy atom. The topological polar surface area (TPSA) is 30.5 Å². The van der Waals surface area contributed by atoms with Gasteiger partial charge in [0.1, 0.15) is 0 Å². The molecule has 4 heteroatoms. The maximum atomic E-state index is 5.99. The van der Waals surface area contributed by atoms with E-state index in [0.717, 1.165) is 30.5 Å². The van der Waals surface area contributed by atoms with Gasteiger partial charge in [0.25, 0.3) is 0 Å². The molecule has 1 aliphatic heterocycles. The van der Waals surface area contributed by atoms with Crippen LogP contribution in [0.25, 0.3) is 0 Å². The van der Waals surface area contributed by atoms with Crippen molar-refractivity contribution in [3.8, 4) is 0 Å². The van der Waals surface area contributed by atoms with Gasteiger partial charge in [-0.3, -0.25) is 0 Å². The molecule has 2 rings (SSSR count). The van der Waals surface area contributed by atoms with Crippen LogP contribution in [0.15, 0.2) is 28.7 Å². The maximum absolute atomic E-state index is 5.99. The second-order valence-electron chi connectivity index (χ2n) is 4.57. The highest BCUT2D eigenvalue weighted by Gasteiger charge is 2.18. The molecule has 1 aliphatic rings. The Morgan fingerprint density at radius 1 is 1.44 bits per heavy atom. The van der Waals surface area contributed by atoms with E-state index < -0.39 is 0 Å². The summed E-state index contributed by atoms with van der Waals surface area (Å²) in [6.45, 7) is 2.37. The molecule has 100 valence electrons. The van der Waals surface area contributed by atoms with Crippen LogP contribution in [0.3, 0.4) is 0 Å². The molecule has 0 radical (unpaired) electrons. The first-order valence-electron chi connectivity index (χ1n) is 6.43. The van der Waals surface area contributed by atoms with E-state index in [9.17, 15) is 0 Å². The lowest BCUT2D eigenvalue weighted by molar-refractivity contribution is -0.0204. The molecule has 0 aromatic heterocycles. The number of hydrogen-bond donors (Lipinski definition) is 1. The van der Waals surface area contributed by atoms with Gasteiger partial charge in [-0.2, -0.15) is 0 Å². The number of nitrogens with one attached hydrogen (secondary N) is 1. The van der Waals surface area contributed by atoms with Crippen LogP contribution in [-0.2, 0) is 9.47 Å². The average molecular weight is 314 g/mol. The first kappa shape index (κ1) is 14.0. The molecule has 1 aromatic carbocycles. The summed E-state index contributed by atoms with van der Waals surface area (Å²) < 4.78 is 12.7. The number of ether oxygens (including phenoxy) is 2. The van der Waals surface area contributed by atoms with Crippen LogP contribution < -0.4 is 5.32 Å². The Kier molecular flexibility index (Phi) is 5.63. The summed E-state index contributed by atoms with van der Waals surface area (Å²) in [4.78, 5) is 0. The quantitative estimate of drug-likeness (QED) is 0.876. The van der Waals surface area contributed by atoms with Crippen molar-refractivity contribution in [1.29, 1.82) is 0 Å². The molecule has 1 aromatic rings. The molecule has 1 heterocycles. The Balaban J connectivity index is 1.91. The lowest BCUT2D eigenvalue weighted by Gasteiger charge is -2.20. The summed E-state index contributed by atoms with van der Waals surface area (Å²) >= 11 is 3.45. The van der Waals surface area contributed by atoms with Crippen molar-refractivity contribution in [2.24, 2.45) is 0 Å². The van der Waals surface area contributed by atoms with Crippen molar-refractivity contribution < 1.29 is 9.47 Å². The van der Waals surface area contributed by atoms with Crippen LogP contribution in [0.1, 0.15) is 24.5 Å². The predicted molar refractivity (Wildman–Crippen MR) is 75.7 cm³/mol. The van der Waals surface area contributed by atoms with Gasteiger partial charge in [0, 0.05) is 17.6 Å². The summed E-state index contributed by atoms with van der Waals surface area (Å²) in [5.74, 6) is 0. The molecule has 3 nitrogen and oxygen atoms in total. The molecule has 0 spiro atoms. The summed E-state index contributed by atoms with van der Waals surface area (Å²) in [5.41, 5.74) is 1.20. The molecule has 0 amide bonds. The van der Waals surface area contributed by atoms with Crippen molar-refractivity contribution in [3.63, 3.8) is 0 Å². The van der Waals surface area contributed by atoms with Gasteiger partial charge in [0.15, 0.2) is 0 Å². The third-order valence-corrected chi connectivity index (χ3v) is 3.67. The predicted octanol–water partition coefficient (Wildman–Crippen LogP) is 2.91. The largest absolute Gasteiger partial charge is 0.376 e. The third kappa shape index (κ3) is 4.05. The molecule has 1 N–H and O–H groups in total. The van der Waals surface area contributed by atoms with Gasteiger partial charge in [-0.15, -0.1) is 0 Å². The molecular formula is C14H20BrNO2. The van der Waals surface area contributed by atoms with Crippen LogP contribution >= 0.6 is 15.9 Å². The summed E-state index contributed by atoms with van der Waals surface area (Å²) in [7, 11) is 1.95. The van der Waals surface area contributed by atoms with Gasteiger partial charge in [0.2, 0.25) is 0 Å². The number of halogens is 1. The van der Waals surface area contributed by atoms with E-state index in [-0.39, 0.29) is 12.2 Å². The van der Waals surface area contributed by atoms with E-state index in [4.69, 9.17) is 9.47 Å². The number of rotatable bonds is 6. The minimum absolute atomic E-state index is 0.0901. The lowest BCUT2D eigenvalue weighted by atomic mass is 10.1. The summed E-state index contributed by atoms with van der Waals surface area (Å²) in [5, 5.41) is 3.18. The fourth-order valence-corrected chi connectivity index (χ4v) is 2.40. The van der Waals surface area contributed by atoms with Crippen LogP contribution in [0.2, 0.25) is 0 Å². The van der Waals surface area contributed by atoms with Crippen molar-refractivity contribution in [3.05, 3.63) is 34.3 Å². The van der Waals surface area contributed by atoms with E-state index >= 15 is 0 Å². The smallest absolute Gasteiger partial charge is 0.0950 e. The molecule has 0 saturated carbocycles. The Bertz CT molecular complexity index is 349. The van der Waals surface area contributed by atoms with Gasteiger partial charge in [0.05, 0.1) is 18.8 Å². The van der Waals surface area contributed by atoms with Gasteiger partial charge in [-0.1, -0.05) is 28.1 Å². The zero-order chi connectivity index (χ0) is 12.8. The minimum Gasteiger partial charge on any atom is -0.376 e. The molecule has 18 heavy (non-hydrogen) atoms. The van der Waals surface area contributed by atoms with E-state index in [1.165, 1.54) is 5.56 Å². The first-order valence-corrected chi connectivity index (χ1v) is 7.22. The summed E-state index contributed by atoms with van der Waals surface area (Å²) in [6.07, 6.45) is 2.64. The summed E-state index contributed by atoms with van der Waals surface area (Å²) in [6, 6.07) is 8.30. The second kappa shape index (κ2) is 7.24. The zero-order valence-corrected chi connectivity index (χ0v) is 12.3. The van der Waals surface area contributed by atoms with Crippen LogP contribution in [-0.4, -0.2) is 32.9 Å². The molecule has 2 atom stereocenters. The van der Waals surface area contributed by atoms with Crippen molar-refractivity contribution in [2.75, 3.05) is 26.8 Å². The molecule has 1 fully saturated rings. The average Bonchev–Trinajstić information content (AvgIpc) is 2.89. The number of benzene rings is 1. The van der Waals surface area contributed by atoms with Crippen molar-refractivity contribution in [2.45, 2.75) is 25.0 Å². The van der Waals surface area contributed by atoms with Crippen molar-refractivity contribution >= 4 is 15.9 Å². The maximum Gasteiger partial charge on any atom is 0.0950 e. The van der Waals surface area contributed by atoms with Crippen molar-refractivity contribution in [1.82, 2.24) is 5.32 Å². The van der Waals surface area contributed by atoms with Crippen LogP contribution in [0.4, 0.5) is 0 Å². The highest BCUT2D eigenvalue weighted by atomic mass is 79.9. The fourth-order valence-electron chi connectivity index (χ4n) is 2.14. The van der Waals surface area contributed by atoms with Gasteiger partial charge in [-0.05, 0) is 37.6 Å². The van der Waals surface area contributed by atoms with Crippen LogP contribution in [0, 0.1) is 0 Å². The fraction of sp³-hybridized carbons (Fsp3) is 0.571. The van der Waals surface area contributed by atoms with E-state index in [2.05, 4.69) is 33.4 Å². The van der Waals surface area contributed by atoms with E-state index in [1.54, 1.807) is 0 Å². The Morgan fingerprint density at radius 2 is 2.22 bits per heavy atom. The van der Waals surface area contributed by atoms with Gasteiger partial charge >= 0.3 is 0 Å². The lowest BCUT2D eigenvalue weighted by Crippen LogP contribution is -2.23. The van der Waals surface area contributed by atoms with E-state index in [1.807, 2.05) is 19.2 Å². The first-order chi connectivity index (χ1) is 8.79. The monoisotopic (exact) mass is 313 g/mol. The number of hydrogen-bond acceptors (Lipinski definition) is 3. The SMILES string of the molecule is CNCC(OCC1CCCO1)c1ccc(Br)cc1. The molecule has 0 aliphatic carbocycles. The normalized spacial score (nSPS) is 21.1. The zero-order valence-electron chi connectivity index (χ0n) is 10.7. The minimum atomic E-state index is 0.0901.